The van der Waals surface area contributed by atoms with Gasteiger partial charge in [0.05, 0.1) is 11.8 Å². The van der Waals surface area contributed by atoms with Crippen molar-refractivity contribution in [3.8, 4) is 0 Å². The lowest BCUT2D eigenvalue weighted by Crippen LogP contribution is -2.37. The zero-order chi connectivity index (χ0) is 22.3. The van der Waals surface area contributed by atoms with E-state index in [0.29, 0.717) is 29.2 Å². The van der Waals surface area contributed by atoms with Crippen molar-refractivity contribution in [2.24, 2.45) is 13.0 Å². The Morgan fingerprint density at radius 2 is 1.71 bits per heavy atom. The van der Waals surface area contributed by atoms with Gasteiger partial charge in [0.1, 0.15) is 17.0 Å². The highest BCUT2D eigenvalue weighted by molar-refractivity contribution is 5.76. The van der Waals surface area contributed by atoms with Crippen molar-refractivity contribution < 1.29 is 18.3 Å². The molecule has 3 N–H and O–H groups in total. The maximum absolute atomic E-state index is 14.0. The zero-order valence-corrected chi connectivity index (χ0v) is 17.6. The molecule has 3 aromatic rings. The normalized spacial score (nSPS) is 19.6. The van der Waals surface area contributed by atoms with Crippen molar-refractivity contribution in [3.63, 3.8) is 0 Å². The Hall–Kier alpha value is -2.88. The third-order valence-electron chi connectivity index (χ3n) is 5.91. The fourth-order valence-electron chi connectivity index (χ4n) is 4.06. The Labute approximate surface area is 177 Å². The molecule has 0 saturated heterocycles. The summed E-state index contributed by atoms with van der Waals surface area (Å²) in [5.41, 5.74) is -0.242. The summed E-state index contributed by atoms with van der Waals surface area (Å²) in [4.78, 5) is 13.1. The Kier molecular flexibility index (Phi) is 5.50. The molecule has 0 bridgehead atoms. The van der Waals surface area contributed by atoms with Crippen LogP contribution in [0.1, 0.15) is 39.5 Å². The summed E-state index contributed by atoms with van der Waals surface area (Å²) in [5, 5.41) is 16.1. The van der Waals surface area contributed by atoms with E-state index >= 15 is 0 Å². The second kappa shape index (κ2) is 7.99. The number of fused-ring (bicyclic) bond motifs is 1. The van der Waals surface area contributed by atoms with Crippen LogP contribution in [0.15, 0.2) is 18.3 Å². The van der Waals surface area contributed by atoms with Gasteiger partial charge < -0.3 is 15.7 Å². The molecule has 0 radical (unpaired) electrons. The Balaban J connectivity index is 1.51. The van der Waals surface area contributed by atoms with Crippen LogP contribution in [0.3, 0.4) is 0 Å². The van der Waals surface area contributed by atoms with Crippen LogP contribution in [0.4, 0.5) is 30.8 Å². The van der Waals surface area contributed by atoms with E-state index in [1.54, 1.807) is 11.6 Å². The monoisotopic (exact) mass is 434 g/mol. The molecule has 0 atom stereocenters. The second-order valence-electron chi connectivity index (χ2n) is 8.61. The van der Waals surface area contributed by atoms with E-state index in [4.69, 9.17) is 0 Å². The maximum atomic E-state index is 14.0. The minimum Gasteiger partial charge on any atom is -0.390 e. The van der Waals surface area contributed by atoms with Crippen molar-refractivity contribution in [1.29, 1.82) is 0 Å². The fraction of sp³-hybridized carbons (Fsp3) is 0.476. The molecule has 0 unspecified atom stereocenters. The van der Waals surface area contributed by atoms with E-state index < -0.39 is 28.7 Å². The largest absolute Gasteiger partial charge is 0.390 e. The summed E-state index contributed by atoms with van der Waals surface area (Å²) in [7, 11) is 1.66. The molecule has 1 aliphatic rings. The standard InChI is InChI=1S/C21H25F3N6O/c1-21(2,31)11-4-6-13(7-5-11)26-19-25-10-16-18(29-19)30(3)20(27-16)28-17-14(23)8-12(22)9-15(17)24/h8-11,13,31H,4-7H2,1-3H3,(H,27,28)(H,25,26,29). The molecule has 31 heavy (non-hydrogen) atoms. The number of aromatic nitrogens is 4. The maximum Gasteiger partial charge on any atom is 0.224 e. The number of anilines is 3. The van der Waals surface area contributed by atoms with Crippen LogP contribution >= 0.6 is 0 Å². The highest BCUT2D eigenvalue weighted by Crippen LogP contribution is 2.33. The number of rotatable bonds is 5. The van der Waals surface area contributed by atoms with Gasteiger partial charge in [-0.1, -0.05) is 0 Å². The lowest BCUT2D eigenvalue weighted by Gasteiger charge is -2.36. The molecule has 10 heteroatoms. The van der Waals surface area contributed by atoms with E-state index in [2.05, 4.69) is 25.6 Å². The van der Waals surface area contributed by atoms with E-state index in [9.17, 15) is 18.3 Å². The van der Waals surface area contributed by atoms with Crippen molar-refractivity contribution >= 4 is 28.7 Å². The van der Waals surface area contributed by atoms with Gasteiger partial charge in [-0.05, 0) is 45.4 Å². The average Bonchev–Trinajstić information content (AvgIpc) is 3.00. The quantitative estimate of drug-likeness (QED) is 0.556. The minimum atomic E-state index is -1.06. The summed E-state index contributed by atoms with van der Waals surface area (Å²) in [6.45, 7) is 3.69. The molecule has 4 rings (SSSR count). The third kappa shape index (κ3) is 4.43. The molecule has 1 fully saturated rings. The van der Waals surface area contributed by atoms with Crippen LogP contribution in [-0.4, -0.2) is 36.3 Å². The second-order valence-corrected chi connectivity index (χ2v) is 8.61. The summed E-state index contributed by atoms with van der Waals surface area (Å²) in [6, 6.07) is 1.40. The molecule has 7 nitrogen and oxygen atoms in total. The van der Waals surface area contributed by atoms with E-state index in [1.165, 1.54) is 6.20 Å². The molecular formula is C21H25F3N6O. The van der Waals surface area contributed by atoms with Crippen LogP contribution in [0.25, 0.3) is 11.2 Å². The molecule has 0 spiro atoms. The number of aryl methyl sites for hydroxylation is 1. The Morgan fingerprint density at radius 1 is 1.06 bits per heavy atom. The Morgan fingerprint density at radius 3 is 2.32 bits per heavy atom. The van der Waals surface area contributed by atoms with Gasteiger partial charge in [-0.2, -0.15) is 4.98 Å². The fourth-order valence-corrected chi connectivity index (χ4v) is 4.06. The van der Waals surface area contributed by atoms with Gasteiger partial charge in [0.25, 0.3) is 0 Å². The molecule has 166 valence electrons. The highest BCUT2D eigenvalue weighted by atomic mass is 19.1. The zero-order valence-electron chi connectivity index (χ0n) is 17.6. The van der Waals surface area contributed by atoms with Gasteiger partial charge >= 0.3 is 0 Å². The highest BCUT2D eigenvalue weighted by Gasteiger charge is 2.31. The number of nitrogens with one attached hydrogen (secondary N) is 2. The van der Waals surface area contributed by atoms with Crippen molar-refractivity contribution in [1.82, 2.24) is 19.5 Å². The van der Waals surface area contributed by atoms with E-state index in [-0.39, 0.29) is 17.9 Å². The van der Waals surface area contributed by atoms with Gasteiger partial charge in [-0.25, -0.2) is 23.1 Å². The first-order valence-corrected chi connectivity index (χ1v) is 10.2. The van der Waals surface area contributed by atoms with E-state index in [0.717, 1.165) is 25.7 Å². The smallest absolute Gasteiger partial charge is 0.224 e. The Bertz CT molecular complexity index is 1080. The first-order chi connectivity index (χ1) is 14.6. The number of hydrogen-bond donors (Lipinski definition) is 3. The van der Waals surface area contributed by atoms with Crippen LogP contribution in [0.5, 0.6) is 0 Å². The molecule has 1 aliphatic carbocycles. The first kappa shape index (κ1) is 21.4. The summed E-state index contributed by atoms with van der Waals surface area (Å²) >= 11 is 0. The lowest BCUT2D eigenvalue weighted by molar-refractivity contribution is -0.000414. The number of hydrogen-bond acceptors (Lipinski definition) is 6. The van der Waals surface area contributed by atoms with Crippen molar-refractivity contribution in [2.45, 2.75) is 51.2 Å². The summed E-state index contributed by atoms with van der Waals surface area (Å²) < 4.78 is 42.6. The topological polar surface area (TPSA) is 87.9 Å². The van der Waals surface area contributed by atoms with Gasteiger partial charge in [-0.15, -0.1) is 0 Å². The van der Waals surface area contributed by atoms with Crippen molar-refractivity contribution in [3.05, 3.63) is 35.8 Å². The molecule has 0 amide bonds. The molecule has 1 saturated carbocycles. The molecule has 0 aliphatic heterocycles. The van der Waals surface area contributed by atoms with Gasteiger partial charge in [0, 0.05) is 25.2 Å². The van der Waals surface area contributed by atoms with Gasteiger partial charge in [0.15, 0.2) is 17.3 Å². The molecular weight excluding hydrogens is 409 g/mol. The molecule has 2 aromatic heterocycles. The van der Waals surface area contributed by atoms with Crippen LogP contribution in [-0.2, 0) is 7.05 Å². The van der Waals surface area contributed by atoms with Gasteiger partial charge in [-0.3, -0.25) is 4.57 Å². The number of imidazole rings is 1. The van der Waals surface area contributed by atoms with E-state index in [1.807, 2.05) is 13.8 Å². The van der Waals surface area contributed by atoms with Crippen LogP contribution < -0.4 is 10.6 Å². The van der Waals surface area contributed by atoms with Crippen LogP contribution in [0.2, 0.25) is 0 Å². The number of halogens is 3. The molecule has 2 heterocycles. The molecule has 1 aromatic carbocycles. The summed E-state index contributed by atoms with van der Waals surface area (Å²) in [6.07, 6.45) is 5.17. The predicted molar refractivity (Wildman–Crippen MR) is 112 cm³/mol. The summed E-state index contributed by atoms with van der Waals surface area (Å²) in [5.74, 6) is -2.25. The number of nitrogens with zero attached hydrogens (tertiary/aromatic N) is 4. The minimum absolute atomic E-state index is 0.150. The average molecular weight is 434 g/mol. The predicted octanol–water partition coefficient (Wildman–Crippen LogP) is 4.27. The van der Waals surface area contributed by atoms with Gasteiger partial charge in [0.2, 0.25) is 11.9 Å². The third-order valence-corrected chi connectivity index (χ3v) is 5.91. The number of aliphatic hydroxyl groups is 1. The first-order valence-electron chi connectivity index (χ1n) is 10.2. The lowest BCUT2D eigenvalue weighted by atomic mass is 9.77. The SMILES string of the molecule is Cn1c(Nc2c(F)cc(F)cc2F)nc2cnc(NC3CCC(C(C)(C)O)CC3)nc21. The van der Waals surface area contributed by atoms with Crippen molar-refractivity contribution in [2.75, 3.05) is 10.6 Å². The van der Waals surface area contributed by atoms with Crippen LogP contribution in [0, 0.1) is 23.4 Å². The number of benzene rings is 1.